The number of phenolic OH excluding ortho intramolecular Hbond substituents is 3. The highest BCUT2D eigenvalue weighted by atomic mass is 79.9. The summed E-state index contributed by atoms with van der Waals surface area (Å²) >= 11 is 3.16. The van der Waals surface area contributed by atoms with Crippen molar-refractivity contribution in [1.82, 2.24) is 0 Å². The van der Waals surface area contributed by atoms with Crippen molar-refractivity contribution in [2.45, 2.75) is 0 Å². The third-order valence-corrected chi connectivity index (χ3v) is 3.31. The summed E-state index contributed by atoms with van der Waals surface area (Å²) in [6, 6.07) is 8.84. The van der Waals surface area contributed by atoms with Crippen LogP contribution in [0.2, 0.25) is 0 Å². The van der Waals surface area contributed by atoms with Crippen LogP contribution >= 0.6 is 15.9 Å². The molecule has 102 valence electrons. The first kappa shape index (κ1) is 14.1. The molecule has 2 aromatic carbocycles. The van der Waals surface area contributed by atoms with Crippen molar-refractivity contribution in [3.63, 3.8) is 0 Å². The fourth-order valence-electron chi connectivity index (χ4n) is 1.59. The topological polar surface area (TPSA) is 77.8 Å². The fourth-order valence-corrected chi connectivity index (χ4v) is 2.11. The molecule has 0 atom stereocenters. The third kappa shape index (κ3) is 3.19. The molecule has 0 aliphatic rings. The average molecular weight is 335 g/mol. The van der Waals surface area contributed by atoms with Crippen LogP contribution in [-0.2, 0) is 0 Å². The quantitative estimate of drug-likeness (QED) is 0.456. The number of ketones is 1. The van der Waals surface area contributed by atoms with Gasteiger partial charge in [0.15, 0.2) is 17.3 Å². The first-order valence-electron chi connectivity index (χ1n) is 5.70. The molecule has 20 heavy (non-hydrogen) atoms. The summed E-state index contributed by atoms with van der Waals surface area (Å²) in [7, 11) is 0. The lowest BCUT2D eigenvalue weighted by Gasteiger charge is -2.03. The van der Waals surface area contributed by atoms with E-state index in [9.17, 15) is 15.0 Å². The molecule has 0 saturated heterocycles. The lowest BCUT2D eigenvalue weighted by atomic mass is 10.1. The van der Waals surface area contributed by atoms with Gasteiger partial charge in [-0.05, 0) is 51.8 Å². The maximum atomic E-state index is 12.0. The van der Waals surface area contributed by atoms with E-state index in [2.05, 4.69) is 15.9 Å². The minimum absolute atomic E-state index is 0.152. The monoisotopic (exact) mass is 334 g/mol. The molecule has 4 nitrogen and oxygen atoms in total. The Morgan fingerprint density at radius 2 is 1.60 bits per heavy atom. The number of allylic oxidation sites excluding steroid dienone is 1. The molecule has 0 aromatic heterocycles. The highest BCUT2D eigenvalue weighted by Crippen LogP contribution is 2.31. The molecule has 0 spiro atoms. The second kappa shape index (κ2) is 5.79. The van der Waals surface area contributed by atoms with E-state index in [0.717, 1.165) is 5.56 Å². The van der Waals surface area contributed by atoms with Crippen molar-refractivity contribution < 1.29 is 20.1 Å². The predicted molar refractivity (Wildman–Crippen MR) is 78.9 cm³/mol. The van der Waals surface area contributed by atoms with Crippen molar-refractivity contribution in [2.75, 3.05) is 0 Å². The zero-order chi connectivity index (χ0) is 14.7. The number of hydrogen-bond donors (Lipinski definition) is 3. The first-order valence-corrected chi connectivity index (χ1v) is 6.49. The largest absolute Gasteiger partial charge is 0.508 e. The third-order valence-electron chi connectivity index (χ3n) is 2.65. The Morgan fingerprint density at radius 1 is 1.00 bits per heavy atom. The highest BCUT2D eigenvalue weighted by molar-refractivity contribution is 9.10. The van der Waals surface area contributed by atoms with E-state index in [1.807, 2.05) is 0 Å². The Bertz CT molecular complexity index is 675. The molecule has 0 aliphatic heterocycles. The minimum atomic E-state index is -0.352. The smallest absolute Gasteiger partial charge is 0.187 e. The van der Waals surface area contributed by atoms with Gasteiger partial charge in [-0.2, -0.15) is 0 Å². The van der Waals surface area contributed by atoms with Gasteiger partial charge < -0.3 is 15.3 Å². The molecule has 0 fully saturated rings. The SMILES string of the molecule is O=C(/C=C/c1ccc(O)cc1)c1cc(O)c(O)cc1Br. The van der Waals surface area contributed by atoms with E-state index < -0.39 is 0 Å². The molecular formula is C15H11BrO4. The van der Waals surface area contributed by atoms with Crippen LogP contribution < -0.4 is 0 Å². The molecule has 0 radical (unpaired) electrons. The van der Waals surface area contributed by atoms with E-state index >= 15 is 0 Å². The van der Waals surface area contributed by atoms with Gasteiger partial charge >= 0.3 is 0 Å². The Hall–Kier alpha value is -2.27. The van der Waals surface area contributed by atoms with Crippen LogP contribution in [0.4, 0.5) is 0 Å². The summed E-state index contributed by atoms with van der Waals surface area (Å²) in [5, 5.41) is 27.9. The maximum Gasteiger partial charge on any atom is 0.187 e. The van der Waals surface area contributed by atoms with Crippen LogP contribution in [0.15, 0.2) is 46.9 Å². The molecule has 0 heterocycles. The highest BCUT2D eigenvalue weighted by Gasteiger charge is 2.11. The van der Waals surface area contributed by atoms with Gasteiger partial charge in [0.1, 0.15) is 5.75 Å². The molecule has 0 aliphatic carbocycles. The average Bonchev–Trinajstić information content (AvgIpc) is 2.42. The van der Waals surface area contributed by atoms with Gasteiger partial charge in [0.2, 0.25) is 0 Å². The van der Waals surface area contributed by atoms with Gasteiger partial charge in [0.25, 0.3) is 0 Å². The van der Waals surface area contributed by atoms with Crippen LogP contribution in [0.5, 0.6) is 17.2 Å². The molecule has 3 N–H and O–H groups in total. The molecule has 2 rings (SSSR count). The summed E-state index contributed by atoms with van der Waals surface area (Å²) in [5.41, 5.74) is 1.01. The van der Waals surface area contributed by atoms with E-state index in [1.165, 1.54) is 30.3 Å². The van der Waals surface area contributed by atoms with E-state index in [-0.39, 0.29) is 28.6 Å². The summed E-state index contributed by atoms with van der Waals surface area (Å²) in [6.45, 7) is 0. The number of carbonyl (C=O) groups is 1. The Labute approximate surface area is 123 Å². The van der Waals surface area contributed by atoms with Crippen LogP contribution in [0, 0.1) is 0 Å². The lowest BCUT2D eigenvalue weighted by molar-refractivity contribution is 0.104. The van der Waals surface area contributed by atoms with E-state index in [1.54, 1.807) is 18.2 Å². The number of benzene rings is 2. The normalized spacial score (nSPS) is 10.8. The van der Waals surface area contributed by atoms with Crippen molar-refractivity contribution in [1.29, 1.82) is 0 Å². The summed E-state index contributed by atoms with van der Waals surface area (Å²) in [6.07, 6.45) is 2.95. The van der Waals surface area contributed by atoms with Gasteiger partial charge in [-0.15, -0.1) is 0 Å². The Morgan fingerprint density at radius 3 is 2.25 bits per heavy atom. The molecule has 5 heteroatoms. The van der Waals surface area contributed by atoms with Crippen LogP contribution in [0.3, 0.4) is 0 Å². The summed E-state index contributed by atoms with van der Waals surface area (Å²) < 4.78 is 0.396. The van der Waals surface area contributed by atoms with Gasteiger partial charge in [0.05, 0.1) is 0 Å². The summed E-state index contributed by atoms with van der Waals surface area (Å²) in [4.78, 5) is 12.0. The Kier molecular flexibility index (Phi) is 4.10. The molecular weight excluding hydrogens is 324 g/mol. The van der Waals surface area contributed by atoms with Crippen LogP contribution in [-0.4, -0.2) is 21.1 Å². The number of hydrogen-bond acceptors (Lipinski definition) is 4. The van der Waals surface area contributed by atoms with Gasteiger partial charge in [-0.3, -0.25) is 4.79 Å². The molecule has 2 aromatic rings. The number of carbonyl (C=O) groups excluding carboxylic acids is 1. The van der Waals surface area contributed by atoms with Gasteiger partial charge in [-0.25, -0.2) is 0 Å². The second-order valence-corrected chi connectivity index (χ2v) is 4.96. The molecule has 0 saturated carbocycles. The van der Waals surface area contributed by atoms with Crippen LogP contribution in [0.25, 0.3) is 6.08 Å². The number of phenols is 3. The zero-order valence-electron chi connectivity index (χ0n) is 10.2. The standard InChI is InChI=1S/C15H11BrO4/c16-12-8-15(20)14(19)7-11(12)13(18)6-3-9-1-4-10(17)5-2-9/h1-8,17,19-20H/b6-3+. The van der Waals surface area contributed by atoms with Crippen LogP contribution in [0.1, 0.15) is 15.9 Å². The van der Waals surface area contributed by atoms with Crippen molar-refractivity contribution in [3.8, 4) is 17.2 Å². The van der Waals surface area contributed by atoms with Crippen molar-refractivity contribution in [2.24, 2.45) is 0 Å². The molecule has 0 amide bonds. The van der Waals surface area contributed by atoms with Gasteiger partial charge in [0, 0.05) is 10.0 Å². The molecule has 0 bridgehead atoms. The second-order valence-electron chi connectivity index (χ2n) is 4.11. The maximum absolute atomic E-state index is 12.0. The zero-order valence-corrected chi connectivity index (χ0v) is 11.8. The minimum Gasteiger partial charge on any atom is -0.508 e. The fraction of sp³-hybridized carbons (Fsp3) is 0. The van der Waals surface area contributed by atoms with Crippen molar-refractivity contribution in [3.05, 3.63) is 58.1 Å². The predicted octanol–water partition coefficient (Wildman–Crippen LogP) is 3.46. The van der Waals surface area contributed by atoms with E-state index in [0.29, 0.717) is 4.47 Å². The van der Waals surface area contributed by atoms with Gasteiger partial charge in [-0.1, -0.05) is 18.2 Å². The van der Waals surface area contributed by atoms with E-state index in [4.69, 9.17) is 5.11 Å². The number of rotatable bonds is 3. The first-order chi connectivity index (χ1) is 9.47. The van der Waals surface area contributed by atoms with Crippen molar-refractivity contribution >= 4 is 27.8 Å². The number of halogens is 1. The number of aromatic hydroxyl groups is 3. The summed E-state index contributed by atoms with van der Waals surface area (Å²) in [5.74, 6) is -0.814. The Balaban J connectivity index is 2.24. The lowest BCUT2D eigenvalue weighted by Crippen LogP contribution is -1.95. The molecule has 0 unspecified atom stereocenters.